The molecule has 0 aliphatic heterocycles. The fraction of sp³-hybridized carbons (Fsp3) is 0.308. The van der Waals surface area contributed by atoms with Crippen LogP contribution in [0.25, 0.3) is 22.3 Å². The number of halogens is 1. The number of benzene rings is 3. The molecule has 3 aromatic carbocycles. The molecule has 2 radical (unpaired) electrons. The molecule has 0 fully saturated rings. The summed E-state index contributed by atoms with van der Waals surface area (Å²) in [6, 6.07) is 19.7. The van der Waals surface area contributed by atoms with Gasteiger partial charge in [-0.05, 0) is 0 Å². The molecule has 0 bridgehead atoms. The van der Waals surface area contributed by atoms with Gasteiger partial charge in [0, 0.05) is 0 Å². The quantitative estimate of drug-likeness (QED) is 0.390. The Morgan fingerprint density at radius 1 is 0.500 bits per heavy atom. The van der Waals surface area contributed by atoms with Crippen LogP contribution in [0.15, 0.2) is 54.6 Å². The summed E-state index contributed by atoms with van der Waals surface area (Å²) >= 11 is -1.34. The van der Waals surface area contributed by atoms with Crippen molar-refractivity contribution >= 4 is 55.3 Å². The zero-order valence-electron chi connectivity index (χ0n) is 20.4. The van der Waals surface area contributed by atoms with Gasteiger partial charge < -0.3 is 0 Å². The molecule has 0 unspecified atom stereocenters. The monoisotopic (exact) mass is 556 g/mol. The number of anilines is 4. The Labute approximate surface area is 207 Å². The van der Waals surface area contributed by atoms with Crippen LogP contribution in [-0.4, -0.2) is 76.4 Å². The Balaban J connectivity index is 2.43. The predicted octanol–water partition coefficient (Wildman–Crippen LogP) is 4.77. The fourth-order valence-electron chi connectivity index (χ4n) is 4.17. The summed E-state index contributed by atoms with van der Waals surface area (Å²) in [6.45, 7) is 0. The predicted molar refractivity (Wildman–Crippen MR) is 146 cm³/mol. The van der Waals surface area contributed by atoms with Gasteiger partial charge in [-0.25, -0.2) is 0 Å². The van der Waals surface area contributed by atoms with Crippen LogP contribution >= 0.6 is 8.92 Å². The fourth-order valence-corrected chi connectivity index (χ4v) is 7.31. The maximum atomic E-state index is 6.88. The summed E-state index contributed by atoms with van der Waals surface area (Å²) < 4.78 is 1.31. The molecule has 168 valence electrons. The van der Waals surface area contributed by atoms with Crippen molar-refractivity contribution in [3.63, 3.8) is 0 Å². The molecule has 6 heteroatoms. The van der Waals surface area contributed by atoms with Crippen LogP contribution < -0.4 is 23.2 Å². The molecule has 3 rings (SSSR count). The van der Waals surface area contributed by atoms with Crippen molar-refractivity contribution in [2.75, 3.05) is 76.0 Å². The van der Waals surface area contributed by atoms with E-state index in [1.165, 1.54) is 48.6 Å². The molecule has 4 nitrogen and oxygen atoms in total. The molecular formula is C26H33ClN4Sn. The van der Waals surface area contributed by atoms with E-state index >= 15 is 0 Å². The van der Waals surface area contributed by atoms with Crippen LogP contribution in [0.5, 0.6) is 0 Å². The van der Waals surface area contributed by atoms with Gasteiger partial charge >= 0.3 is 208 Å². The number of hydrogen-bond acceptors (Lipinski definition) is 4. The minimum absolute atomic E-state index is 1.20. The first-order valence-electron chi connectivity index (χ1n) is 10.6. The molecule has 0 atom stereocenters. The van der Waals surface area contributed by atoms with E-state index in [-0.39, 0.29) is 0 Å². The average Bonchev–Trinajstić information content (AvgIpc) is 2.77. The van der Waals surface area contributed by atoms with E-state index in [2.05, 4.69) is 131 Å². The van der Waals surface area contributed by atoms with Gasteiger partial charge in [0.05, 0.1) is 0 Å². The van der Waals surface area contributed by atoms with Gasteiger partial charge in [-0.1, -0.05) is 0 Å². The molecule has 0 amide bonds. The van der Waals surface area contributed by atoms with Crippen molar-refractivity contribution in [1.82, 2.24) is 0 Å². The molecular weight excluding hydrogens is 522 g/mol. The standard InChI is InChI=1S/C26H33N4.ClH.Sn/c1-27(2)21-14-10-15-22(28(3)4)25(21)19-12-9-13-20(18-19)26-23(29(5)6)16-11-17-24(26)30(7)8;;/h9-17H,1-8H3;1H;/q;;+1/p-1. The third kappa shape index (κ3) is 4.67. The van der Waals surface area contributed by atoms with Crippen molar-refractivity contribution in [2.45, 2.75) is 0 Å². The zero-order chi connectivity index (χ0) is 23.6. The number of rotatable bonds is 7. The minimum atomic E-state index is -1.34. The van der Waals surface area contributed by atoms with Crippen molar-refractivity contribution in [1.29, 1.82) is 0 Å². The molecule has 0 saturated heterocycles. The van der Waals surface area contributed by atoms with Crippen LogP contribution in [0.1, 0.15) is 0 Å². The second kappa shape index (κ2) is 10.3. The third-order valence-corrected chi connectivity index (χ3v) is 9.01. The molecule has 3 aromatic rings. The van der Waals surface area contributed by atoms with Crippen molar-refractivity contribution < 1.29 is 0 Å². The summed E-state index contributed by atoms with van der Waals surface area (Å²) in [5, 5.41) is 0. The van der Waals surface area contributed by atoms with Crippen LogP contribution in [0.4, 0.5) is 22.7 Å². The molecule has 0 saturated carbocycles. The second-order valence-electron chi connectivity index (χ2n) is 8.74. The van der Waals surface area contributed by atoms with Crippen LogP contribution in [-0.2, 0) is 0 Å². The summed E-state index contributed by atoms with van der Waals surface area (Å²) in [6.07, 6.45) is 0. The summed E-state index contributed by atoms with van der Waals surface area (Å²) in [4.78, 5) is 8.77. The molecule has 32 heavy (non-hydrogen) atoms. The first-order valence-corrected chi connectivity index (χ1v) is 15.7. The normalized spacial score (nSPS) is 10.8. The van der Waals surface area contributed by atoms with Gasteiger partial charge in [0.15, 0.2) is 0 Å². The molecule has 0 N–H and O–H groups in total. The Morgan fingerprint density at radius 3 is 1.03 bits per heavy atom. The SMILES string of the molecule is CN(C)c1cccc(N(C)C)c1-c1cccc(-c2c(N(C)C)cccc2N(C)C)[c]1[Sn][Cl]. The molecule has 0 aliphatic carbocycles. The van der Waals surface area contributed by atoms with Gasteiger partial charge in [0.1, 0.15) is 0 Å². The molecule has 0 heterocycles. The van der Waals surface area contributed by atoms with E-state index in [0.29, 0.717) is 0 Å². The van der Waals surface area contributed by atoms with E-state index < -0.39 is 20.0 Å². The van der Waals surface area contributed by atoms with Crippen LogP contribution in [0.2, 0.25) is 0 Å². The van der Waals surface area contributed by atoms with E-state index in [0.717, 1.165) is 0 Å². The topological polar surface area (TPSA) is 13.0 Å². The summed E-state index contributed by atoms with van der Waals surface area (Å²) in [5.41, 5.74) is 9.79. The second-order valence-corrected chi connectivity index (χ2v) is 12.0. The Hall–Kier alpha value is -2.05. The average molecular weight is 556 g/mol. The molecule has 0 aromatic heterocycles. The van der Waals surface area contributed by atoms with E-state index in [4.69, 9.17) is 8.92 Å². The van der Waals surface area contributed by atoms with Gasteiger partial charge in [0.2, 0.25) is 0 Å². The summed E-state index contributed by atoms with van der Waals surface area (Å²) in [7, 11) is 23.7. The van der Waals surface area contributed by atoms with Crippen molar-refractivity contribution in [3.8, 4) is 22.3 Å². The first kappa shape index (κ1) is 24.6. The molecule has 0 aliphatic rings. The number of nitrogens with zero attached hydrogens (tertiary/aromatic N) is 4. The third-order valence-electron chi connectivity index (χ3n) is 5.67. The summed E-state index contributed by atoms with van der Waals surface area (Å²) in [5.74, 6) is 0. The maximum absolute atomic E-state index is 6.88. The van der Waals surface area contributed by atoms with Crippen LogP contribution in [0.3, 0.4) is 0 Å². The first-order chi connectivity index (χ1) is 15.2. The van der Waals surface area contributed by atoms with Gasteiger partial charge in [0.25, 0.3) is 0 Å². The Bertz CT molecular complexity index is 959. The zero-order valence-corrected chi connectivity index (χ0v) is 24.0. The van der Waals surface area contributed by atoms with Gasteiger partial charge in [-0.2, -0.15) is 0 Å². The van der Waals surface area contributed by atoms with Crippen molar-refractivity contribution in [3.05, 3.63) is 54.6 Å². The van der Waals surface area contributed by atoms with E-state index in [9.17, 15) is 0 Å². The van der Waals surface area contributed by atoms with E-state index in [1.54, 1.807) is 0 Å². The number of hydrogen-bond donors (Lipinski definition) is 0. The molecule has 0 spiro atoms. The van der Waals surface area contributed by atoms with E-state index in [1.807, 2.05) is 0 Å². The Morgan fingerprint density at radius 2 is 0.781 bits per heavy atom. The Kier molecular flexibility index (Phi) is 7.88. The van der Waals surface area contributed by atoms with Gasteiger partial charge in [-0.15, -0.1) is 0 Å². The van der Waals surface area contributed by atoms with Gasteiger partial charge in [-0.3, -0.25) is 0 Å². The van der Waals surface area contributed by atoms with Crippen molar-refractivity contribution in [2.24, 2.45) is 0 Å². The van der Waals surface area contributed by atoms with Crippen LogP contribution in [0, 0.1) is 0 Å².